The van der Waals surface area contributed by atoms with Crippen LogP contribution in [-0.4, -0.2) is 0 Å². The Hall–Kier alpha value is -8.34. The van der Waals surface area contributed by atoms with Gasteiger partial charge in [0, 0.05) is 80.2 Å². The van der Waals surface area contributed by atoms with Crippen LogP contribution in [-0.2, 0) is 0 Å². The molecule has 0 fully saturated rings. The van der Waals surface area contributed by atoms with Gasteiger partial charge in [-0.25, -0.2) is 0 Å². The molecular weight excluding hydrogens is 781 g/mol. The molecule has 0 saturated heterocycles. The van der Waals surface area contributed by atoms with E-state index in [1.165, 1.54) is 11.1 Å². The van der Waals surface area contributed by atoms with Gasteiger partial charge in [-0.15, -0.1) is 0 Å². The van der Waals surface area contributed by atoms with Gasteiger partial charge in [0.1, 0.15) is 23.0 Å². The lowest BCUT2D eigenvalue weighted by Gasteiger charge is -2.33. The highest BCUT2D eigenvalue weighted by Gasteiger charge is 2.33. The van der Waals surface area contributed by atoms with Gasteiger partial charge in [0.25, 0.3) is 0 Å². The summed E-state index contributed by atoms with van der Waals surface area (Å²) in [6, 6.07) is 64.0. The summed E-state index contributed by atoms with van der Waals surface area (Å²) in [6.07, 6.45) is 13.5. The number of fused-ring (bicyclic) bond motifs is 9. The van der Waals surface area contributed by atoms with E-state index in [0.717, 1.165) is 95.9 Å². The zero-order chi connectivity index (χ0) is 42.7. The SMILES string of the molecule is C=C1c2ccc(N(c3ccccc3)c3ccc4c(c3)C=CC3C=CC=CC43)cc2Oc2ccc3c(c21)C(=C)Oc1cc(N(c2ccccc2)c2ccccc2-c2ccccc2)ccc1-3. The standard InChI is InChI=1S/C60H42N2O2/c1-39-49-31-28-47(61(44-19-8-4-9-20-44)46-29-32-51-43(36-46)27-26-42-18-12-13-23-50(42)51)37-57(49)64-56-35-34-54-53-33-30-48(38-58(53)63-40(2)60(54)59(39)56)62(45-21-10-5-11-22-45)55-25-15-14-24-52(55)41-16-6-3-7-17-41/h3-38,42,50H,1-2H2. The first-order chi connectivity index (χ1) is 31.6. The van der Waals surface area contributed by atoms with Gasteiger partial charge in [-0.1, -0.05) is 141 Å². The fraction of sp³-hybridized carbons (Fsp3) is 0.0333. The molecule has 4 nitrogen and oxygen atoms in total. The molecule has 2 aliphatic heterocycles. The summed E-state index contributed by atoms with van der Waals surface area (Å²) < 4.78 is 13.6. The summed E-state index contributed by atoms with van der Waals surface area (Å²) in [7, 11) is 0. The molecule has 2 atom stereocenters. The molecule has 0 bridgehead atoms. The minimum absolute atomic E-state index is 0.351. The number of allylic oxidation sites excluding steroid dienone is 5. The van der Waals surface area contributed by atoms with E-state index in [9.17, 15) is 0 Å². The lowest BCUT2D eigenvalue weighted by atomic mass is 9.77. The van der Waals surface area contributed by atoms with Crippen molar-refractivity contribution >= 4 is 51.5 Å². The molecule has 2 unspecified atom stereocenters. The molecule has 0 N–H and O–H groups in total. The van der Waals surface area contributed by atoms with Gasteiger partial charge in [0.2, 0.25) is 0 Å². The lowest BCUT2D eigenvalue weighted by Crippen LogP contribution is -2.15. The Kier molecular flexibility index (Phi) is 8.91. The fourth-order valence-electron chi connectivity index (χ4n) is 9.90. The van der Waals surface area contributed by atoms with Crippen LogP contribution in [0, 0.1) is 5.92 Å². The zero-order valence-electron chi connectivity index (χ0n) is 35.1. The average molecular weight is 823 g/mol. The first-order valence-corrected chi connectivity index (χ1v) is 21.8. The summed E-state index contributed by atoms with van der Waals surface area (Å²) in [5.41, 5.74) is 16.7. The predicted molar refractivity (Wildman–Crippen MR) is 265 cm³/mol. The van der Waals surface area contributed by atoms with E-state index in [4.69, 9.17) is 16.1 Å². The molecular formula is C60H42N2O2. The van der Waals surface area contributed by atoms with E-state index in [1.807, 2.05) is 6.07 Å². The first kappa shape index (κ1) is 37.4. The molecule has 64 heavy (non-hydrogen) atoms. The second-order valence-corrected chi connectivity index (χ2v) is 16.6. The summed E-state index contributed by atoms with van der Waals surface area (Å²) in [5.74, 6) is 3.51. The Labute approximate surface area is 373 Å². The monoisotopic (exact) mass is 822 g/mol. The van der Waals surface area contributed by atoms with Crippen molar-refractivity contribution in [1.29, 1.82) is 0 Å². The van der Waals surface area contributed by atoms with Gasteiger partial charge in [0.15, 0.2) is 0 Å². The maximum atomic E-state index is 6.84. The number of nitrogens with zero attached hydrogens (tertiary/aromatic N) is 2. The van der Waals surface area contributed by atoms with Crippen LogP contribution in [0.4, 0.5) is 34.1 Å². The molecule has 0 aromatic heterocycles. The average Bonchev–Trinajstić information content (AvgIpc) is 3.35. The zero-order valence-corrected chi connectivity index (χ0v) is 35.1. The van der Waals surface area contributed by atoms with E-state index in [-0.39, 0.29) is 0 Å². The molecule has 4 heteroatoms. The van der Waals surface area contributed by atoms with E-state index in [1.54, 1.807) is 0 Å². The van der Waals surface area contributed by atoms with Crippen LogP contribution >= 0.6 is 0 Å². The number of rotatable bonds is 7. The van der Waals surface area contributed by atoms with Crippen molar-refractivity contribution in [2.75, 3.05) is 9.80 Å². The molecule has 2 heterocycles. The molecule has 8 aromatic carbocycles. The normalized spacial score (nSPS) is 15.9. The van der Waals surface area contributed by atoms with Crippen LogP contribution in [0.1, 0.15) is 33.7 Å². The van der Waals surface area contributed by atoms with E-state index >= 15 is 0 Å². The Morgan fingerprint density at radius 2 is 1.03 bits per heavy atom. The number of ether oxygens (including phenoxy) is 2. The highest BCUT2D eigenvalue weighted by molar-refractivity contribution is 6.00. The van der Waals surface area contributed by atoms with Gasteiger partial charge in [-0.05, 0) is 107 Å². The maximum Gasteiger partial charge on any atom is 0.137 e. The lowest BCUT2D eigenvalue weighted by molar-refractivity contribution is 0.471. The Balaban J connectivity index is 0.903. The Morgan fingerprint density at radius 3 is 1.81 bits per heavy atom. The van der Waals surface area contributed by atoms with Crippen molar-refractivity contribution < 1.29 is 9.47 Å². The molecule has 12 rings (SSSR count). The third kappa shape index (κ3) is 6.22. The Bertz CT molecular complexity index is 3270. The number of hydrogen-bond donors (Lipinski definition) is 0. The van der Waals surface area contributed by atoms with Crippen LogP contribution in [0.5, 0.6) is 17.2 Å². The van der Waals surface area contributed by atoms with E-state index in [2.05, 4.69) is 229 Å². The van der Waals surface area contributed by atoms with Crippen LogP contribution in [0.25, 0.3) is 39.7 Å². The van der Waals surface area contributed by atoms with Crippen LogP contribution in [0.3, 0.4) is 0 Å². The van der Waals surface area contributed by atoms with Crippen molar-refractivity contribution in [3.8, 4) is 39.5 Å². The molecule has 8 aromatic rings. The summed E-state index contributed by atoms with van der Waals surface area (Å²) >= 11 is 0. The molecule has 0 amide bonds. The van der Waals surface area contributed by atoms with Gasteiger partial charge in [0.05, 0.1) is 5.69 Å². The van der Waals surface area contributed by atoms with Crippen molar-refractivity contribution in [2.24, 2.45) is 5.92 Å². The topological polar surface area (TPSA) is 24.9 Å². The smallest absolute Gasteiger partial charge is 0.137 e. The second kappa shape index (κ2) is 15.2. The van der Waals surface area contributed by atoms with Gasteiger partial charge < -0.3 is 19.3 Å². The van der Waals surface area contributed by atoms with Crippen LogP contribution < -0.4 is 19.3 Å². The molecule has 4 aliphatic rings. The van der Waals surface area contributed by atoms with Crippen molar-refractivity contribution in [1.82, 2.24) is 0 Å². The van der Waals surface area contributed by atoms with Crippen LogP contribution in [0.2, 0.25) is 0 Å². The summed E-state index contributed by atoms with van der Waals surface area (Å²) in [5, 5.41) is 0. The highest BCUT2D eigenvalue weighted by atomic mass is 16.5. The molecule has 2 aliphatic carbocycles. The van der Waals surface area contributed by atoms with E-state index < -0.39 is 0 Å². The maximum absolute atomic E-state index is 6.84. The van der Waals surface area contributed by atoms with Crippen molar-refractivity contribution in [2.45, 2.75) is 5.92 Å². The number of anilines is 6. The highest BCUT2D eigenvalue weighted by Crippen LogP contribution is 2.54. The van der Waals surface area contributed by atoms with Gasteiger partial charge in [-0.3, -0.25) is 0 Å². The first-order valence-electron chi connectivity index (χ1n) is 21.8. The second-order valence-electron chi connectivity index (χ2n) is 16.6. The minimum Gasteiger partial charge on any atom is -0.457 e. The van der Waals surface area contributed by atoms with Gasteiger partial charge in [-0.2, -0.15) is 0 Å². The van der Waals surface area contributed by atoms with Gasteiger partial charge >= 0.3 is 0 Å². The summed E-state index contributed by atoms with van der Waals surface area (Å²) in [4.78, 5) is 4.59. The third-order valence-electron chi connectivity index (χ3n) is 12.9. The van der Waals surface area contributed by atoms with E-state index in [0.29, 0.717) is 17.6 Å². The largest absolute Gasteiger partial charge is 0.457 e. The summed E-state index contributed by atoms with van der Waals surface area (Å²) in [6.45, 7) is 9.19. The quantitative estimate of drug-likeness (QED) is 0.160. The molecule has 304 valence electrons. The third-order valence-corrected chi connectivity index (χ3v) is 12.9. The van der Waals surface area contributed by atoms with Crippen molar-refractivity contribution in [3.05, 3.63) is 253 Å². The predicted octanol–water partition coefficient (Wildman–Crippen LogP) is 16.3. The molecule has 0 spiro atoms. The Morgan fingerprint density at radius 1 is 0.422 bits per heavy atom. The number of hydrogen-bond acceptors (Lipinski definition) is 4. The van der Waals surface area contributed by atoms with Crippen LogP contribution in [0.15, 0.2) is 226 Å². The molecule has 0 radical (unpaired) electrons. The number of benzene rings is 8. The molecule has 0 saturated carbocycles. The number of para-hydroxylation sites is 3. The van der Waals surface area contributed by atoms with Crippen molar-refractivity contribution in [3.63, 3.8) is 0 Å². The minimum atomic E-state index is 0.351. The fourth-order valence-corrected chi connectivity index (χ4v) is 9.90.